The second-order valence-corrected chi connectivity index (χ2v) is 8.62. The Balaban J connectivity index is 1.80. The van der Waals surface area contributed by atoms with Gasteiger partial charge in [-0.3, -0.25) is 9.69 Å². The van der Waals surface area contributed by atoms with Crippen molar-refractivity contribution < 1.29 is 14.3 Å². The summed E-state index contributed by atoms with van der Waals surface area (Å²) in [5.74, 6) is -0.621. The number of benzene rings is 1. The van der Waals surface area contributed by atoms with Crippen LogP contribution in [0, 0.1) is 13.8 Å². The van der Waals surface area contributed by atoms with Crippen molar-refractivity contribution >= 4 is 11.9 Å². The Bertz CT molecular complexity index is 899. The summed E-state index contributed by atoms with van der Waals surface area (Å²) < 4.78 is 5.35. The lowest BCUT2D eigenvalue weighted by Crippen LogP contribution is -2.47. The molecule has 0 saturated carbocycles. The van der Waals surface area contributed by atoms with E-state index >= 15 is 0 Å². The zero-order valence-corrected chi connectivity index (χ0v) is 19.2. The first-order chi connectivity index (χ1) is 14.8. The van der Waals surface area contributed by atoms with Gasteiger partial charge in [-0.1, -0.05) is 30.3 Å². The van der Waals surface area contributed by atoms with Gasteiger partial charge in [-0.25, -0.2) is 4.79 Å². The molecule has 1 aromatic carbocycles. The molecule has 31 heavy (non-hydrogen) atoms. The van der Waals surface area contributed by atoms with Crippen LogP contribution in [-0.4, -0.2) is 72.5 Å². The number of carbonyl (C=O) groups excluding carboxylic acids is 2. The van der Waals surface area contributed by atoms with Crippen molar-refractivity contribution in [2.24, 2.45) is 0 Å². The van der Waals surface area contributed by atoms with E-state index in [0.29, 0.717) is 22.5 Å². The third-order valence-corrected chi connectivity index (χ3v) is 5.76. The maximum atomic E-state index is 13.2. The summed E-state index contributed by atoms with van der Waals surface area (Å²) in [6, 6.07) is 9.89. The first kappa shape index (κ1) is 23.0. The van der Waals surface area contributed by atoms with Crippen molar-refractivity contribution in [1.82, 2.24) is 20.1 Å². The third-order valence-electron chi connectivity index (χ3n) is 5.76. The summed E-state index contributed by atoms with van der Waals surface area (Å²) >= 11 is 0. The number of aromatic amines is 1. The molecule has 3 rings (SSSR count). The van der Waals surface area contributed by atoms with Gasteiger partial charge in [0.2, 0.25) is 0 Å². The second kappa shape index (κ2) is 10.1. The number of aryl methyl sites for hydroxylation is 1. The molecule has 7 nitrogen and oxygen atoms in total. The molecule has 1 aliphatic heterocycles. The maximum Gasteiger partial charge on any atom is 0.340 e. The molecule has 1 unspecified atom stereocenters. The maximum absolute atomic E-state index is 13.2. The Morgan fingerprint density at radius 1 is 1.10 bits per heavy atom. The Morgan fingerprint density at radius 2 is 1.74 bits per heavy atom. The minimum Gasteiger partial charge on any atom is -0.459 e. The molecule has 0 spiro atoms. The van der Waals surface area contributed by atoms with Crippen LogP contribution in [0.4, 0.5) is 0 Å². The topological polar surface area (TPSA) is 77.7 Å². The van der Waals surface area contributed by atoms with Crippen molar-refractivity contribution in [3.63, 3.8) is 0 Å². The van der Waals surface area contributed by atoms with E-state index < -0.39 is 5.97 Å². The van der Waals surface area contributed by atoms with Crippen LogP contribution in [0.1, 0.15) is 57.6 Å². The first-order valence-electron chi connectivity index (χ1n) is 10.9. The van der Waals surface area contributed by atoms with E-state index in [-0.39, 0.29) is 18.1 Å². The molecule has 2 heterocycles. The summed E-state index contributed by atoms with van der Waals surface area (Å²) in [7, 11) is 2.13. The van der Waals surface area contributed by atoms with Crippen molar-refractivity contribution in [2.45, 2.75) is 39.8 Å². The summed E-state index contributed by atoms with van der Waals surface area (Å²) in [5.41, 5.74) is 3.17. The van der Waals surface area contributed by atoms with Gasteiger partial charge in [-0.15, -0.1) is 0 Å². The first-order valence-corrected chi connectivity index (χ1v) is 10.9. The van der Waals surface area contributed by atoms with E-state index in [4.69, 9.17) is 4.74 Å². The van der Waals surface area contributed by atoms with Crippen LogP contribution in [0.3, 0.4) is 0 Å². The van der Waals surface area contributed by atoms with Gasteiger partial charge in [-0.2, -0.15) is 0 Å². The number of hydrogen-bond donors (Lipinski definition) is 2. The smallest absolute Gasteiger partial charge is 0.340 e. The van der Waals surface area contributed by atoms with Crippen molar-refractivity contribution in [3.05, 3.63) is 58.4 Å². The number of nitrogens with one attached hydrogen (secondary N) is 2. The van der Waals surface area contributed by atoms with Crippen molar-refractivity contribution in [3.8, 4) is 0 Å². The number of piperazine rings is 1. The summed E-state index contributed by atoms with van der Waals surface area (Å²) in [6.45, 7) is 11.9. The zero-order chi connectivity index (χ0) is 22.5. The highest BCUT2D eigenvalue weighted by Crippen LogP contribution is 2.22. The van der Waals surface area contributed by atoms with Crippen molar-refractivity contribution in [2.75, 3.05) is 39.8 Å². The number of H-pyrrole nitrogens is 1. The van der Waals surface area contributed by atoms with Gasteiger partial charge in [0.25, 0.3) is 5.91 Å². The zero-order valence-electron chi connectivity index (χ0n) is 19.2. The van der Waals surface area contributed by atoms with E-state index in [0.717, 1.165) is 38.3 Å². The fourth-order valence-corrected chi connectivity index (χ4v) is 4.00. The van der Waals surface area contributed by atoms with Gasteiger partial charge >= 0.3 is 5.97 Å². The summed E-state index contributed by atoms with van der Waals surface area (Å²) in [5, 5.41) is 3.19. The van der Waals surface area contributed by atoms with Gasteiger partial charge in [0.05, 0.1) is 17.7 Å². The van der Waals surface area contributed by atoms with Crippen LogP contribution in [-0.2, 0) is 4.74 Å². The highest BCUT2D eigenvalue weighted by Gasteiger charge is 2.26. The van der Waals surface area contributed by atoms with Gasteiger partial charge in [0, 0.05) is 38.4 Å². The second-order valence-electron chi connectivity index (χ2n) is 8.62. The predicted molar refractivity (Wildman–Crippen MR) is 121 cm³/mol. The minimum atomic E-state index is -0.405. The lowest BCUT2D eigenvalue weighted by atomic mass is 10.0. The van der Waals surface area contributed by atoms with Gasteiger partial charge in [0.15, 0.2) is 0 Å². The number of amides is 1. The quantitative estimate of drug-likeness (QED) is 0.666. The number of esters is 1. The van der Waals surface area contributed by atoms with Crippen LogP contribution in [0.15, 0.2) is 30.3 Å². The molecule has 0 bridgehead atoms. The molecule has 168 valence electrons. The predicted octanol–water partition coefficient (Wildman–Crippen LogP) is 2.92. The molecule has 1 fully saturated rings. The largest absolute Gasteiger partial charge is 0.459 e. The lowest BCUT2D eigenvalue weighted by molar-refractivity contribution is 0.0376. The van der Waals surface area contributed by atoms with Crippen LogP contribution < -0.4 is 5.32 Å². The monoisotopic (exact) mass is 426 g/mol. The Hall–Kier alpha value is -2.64. The van der Waals surface area contributed by atoms with Gasteiger partial charge in [0.1, 0.15) is 5.69 Å². The number of aromatic nitrogens is 1. The Morgan fingerprint density at radius 3 is 2.35 bits per heavy atom. The number of carbonyl (C=O) groups is 2. The fraction of sp³-hybridized carbons (Fsp3) is 0.500. The van der Waals surface area contributed by atoms with Crippen LogP contribution >= 0.6 is 0 Å². The molecule has 1 atom stereocenters. The lowest BCUT2D eigenvalue weighted by Gasteiger charge is -2.35. The number of likely N-dealkylation sites (N-methyl/N-ethyl adjacent to an activating group) is 1. The van der Waals surface area contributed by atoms with Crippen LogP contribution in [0.25, 0.3) is 0 Å². The summed E-state index contributed by atoms with van der Waals surface area (Å²) in [4.78, 5) is 33.5. The number of hydrogen-bond acceptors (Lipinski definition) is 5. The molecule has 1 saturated heterocycles. The van der Waals surface area contributed by atoms with E-state index in [1.165, 1.54) is 0 Å². The van der Waals surface area contributed by atoms with Crippen molar-refractivity contribution in [1.29, 1.82) is 0 Å². The average molecular weight is 427 g/mol. The molecule has 2 aromatic rings. The van der Waals surface area contributed by atoms with Gasteiger partial charge in [-0.05, 0) is 45.9 Å². The molecule has 0 radical (unpaired) electrons. The Kier molecular flexibility index (Phi) is 7.51. The van der Waals surface area contributed by atoms with E-state index in [9.17, 15) is 9.59 Å². The third kappa shape index (κ3) is 5.74. The molecule has 7 heteroatoms. The normalized spacial score (nSPS) is 16.3. The standard InChI is InChI=1S/C24H34N4O3/c1-16(2)31-24(30)21-17(3)22(25-18(21)4)23(29)26-20(19-9-7-6-8-10-19)15-28-13-11-27(5)12-14-28/h6-10,16,20,25H,11-15H2,1-5H3,(H,26,29). The van der Waals surface area contributed by atoms with Crippen LogP contribution in [0.2, 0.25) is 0 Å². The van der Waals surface area contributed by atoms with Crippen LogP contribution in [0.5, 0.6) is 0 Å². The molecule has 1 amide bonds. The summed E-state index contributed by atoms with van der Waals surface area (Å²) in [6.07, 6.45) is -0.218. The molecule has 0 aliphatic carbocycles. The number of rotatable bonds is 7. The molecular weight excluding hydrogens is 392 g/mol. The number of nitrogens with zero attached hydrogens (tertiary/aromatic N) is 2. The molecule has 1 aliphatic rings. The van der Waals surface area contributed by atoms with E-state index in [1.807, 2.05) is 44.2 Å². The van der Waals surface area contributed by atoms with E-state index in [1.54, 1.807) is 13.8 Å². The minimum absolute atomic E-state index is 0.147. The van der Waals surface area contributed by atoms with E-state index in [2.05, 4.69) is 27.1 Å². The Labute approximate surface area is 184 Å². The molecule has 2 N–H and O–H groups in total. The average Bonchev–Trinajstić information content (AvgIpc) is 3.03. The van der Waals surface area contributed by atoms with Gasteiger partial charge < -0.3 is 19.9 Å². The highest BCUT2D eigenvalue weighted by atomic mass is 16.5. The molecular formula is C24H34N4O3. The highest BCUT2D eigenvalue weighted by molar-refractivity contribution is 6.00. The fourth-order valence-electron chi connectivity index (χ4n) is 4.00. The SMILES string of the molecule is Cc1[nH]c(C(=O)NC(CN2CCN(C)CC2)c2ccccc2)c(C)c1C(=O)OC(C)C. The molecule has 1 aromatic heterocycles. The number of ether oxygens (including phenoxy) is 1.